The van der Waals surface area contributed by atoms with Gasteiger partial charge in [0.2, 0.25) is 15.8 Å². The maximum atomic E-state index is 15.3. The van der Waals surface area contributed by atoms with Crippen LogP contribution in [0.4, 0.5) is 14.5 Å². The second-order valence-corrected chi connectivity index (χ2v) is 10.7. The number of ketones is 1. The zero-order valence-corrected chi connectivity index (χ0v) is 21.0. The number of unbranched alkanes of at least 4 members (excludes halogenated alkanes) is 3. The molecule has 0 aliphatic heterocycles. The van der Waals surface area contributed by atoms with Crippen LogP contribution in [0.25, 0.3) is 22.2 Å². The third-order valence-electron chi connectivity index (χ3n) is 5.80. The molecule has 2 aromatic carbocycles. The summed E-state index contributed by atoms with van der Waals surface area (Å²) in [5, 5.41) is 0.931. The summed E-state index contributed by atoms with van der Waals surface area (Å²) in [6, 6.07) is 10.5. The number of anilines is 1. The third-order valence-corrected chi connectivity index (χ3v) is 7.41. The molecule has 36 heavy (non-hydrogen) atoms. The first-order valence-electron chi connectivity index (χ1n) is 11.5. The minimum Gasteiger partial charge on any atom is -0.345 e. The van der Waals surface area contributed by atoms with Crippen LogP contribution in [-0.2, 0) is 10.0 Å². The number of benzene rings is 2. The van der Waals surface area contributed by atoms with E-state index in [1.165, 1.54) is 6.20 Å². The third kappa shape index (κ3) is 5.57. The van der Waals surface area contributed by atoms with Crippen molar-refractivity contribution in [3.63, 3.8) is 0 Å². The molecule has 188 valence electrons. The van der Waals surface area contributed by atoms with E-state index in [2.05, 4.69) is 14.7 Å². The van der Waals surface area contributed by atoms with Gasteiger partial charge in [-0.3, -0.25) is 9.52 Å². The number of pyridine rings is 1. The number of hydrogen-bond donors (Lipinski definition) is 2. The number of carbonyl (C=O) groups excluding carboxylic acids is 1. The van der Waals surface area contributed by atoms with E-state index in [9.17, 15) is 17.6 Å². The Morgan fingerprint density at radius 2 is 1.81 bits per heavy atom. The highest BCUT2D eigenvalue weighted by Gasteiger charge is 2.26. The van der Waals surface area contributed by atoms with Crippen molar-refractivity contribution in [2.45, 2.75) is 32.6 Å². The largest absolute Gasteiger partial charge is 0.345 e. The predicted octanol–water partition coefficient (Wildman–Crippen LogP) is 6.71. The summed E-state index contributed by atoms with van der Waals surface area (Å²) >= 11 is 5.95. The molecule has 0 aliphatic carbocycles. The topological polar surface area (TPSA) is 91.9 Å². The van der Waals surface area contributed by atoms with Crippen LogP contribution in [0.15, 0.2) is 54.9 Å². The molecule has 2 N–H and O–H groups in total. The van der Waals surface area contributed by atoms with Gasteiger partial charge in [0, 0.05) is 33.9 Å². The first kappa shape index (κ1) is 25.8. The molecule has 6 nitrogen and oxygen atoms in total. The summed E-state index contributed by atoms with van der Waals surface area (Å²) in [5.41, 5.74) is 0.514. The van der Waals surface area contributed by atoms with E-state index in [4.69, 9.17) is 11.6 Å². The minimum absolute atomic E-state index is 0.00527. The van der Waals surface area contributed by atoms with Gasteiger partial charge in [-0.15, -0.1) is 0 Å². The summed E-state index contributed by atoms with van der Waals surface area (Å²) < 4.78 is 57.0. The molecule has 0 bridgehead atoms. The van der Waals surface area contributed by atoms with E-state index in [0.29, 0.717) is 28.0 Å². The number of aromatic amines is 1. The maximum Gasteiger partial charge on any atom is 0.232 e. The maximum absolute atomic E-state index is 15.3. The van der Waals surface area contributed by atoms with Gasteiger partial charge in [0.25, 0.3) is 0 Å². The van der Waals surface area contributed by atoms with Crippen LogP contribution >= 0.6 is 11.6 Å². The highest BCUT2D eigenvalue weighted by molar-refractivity contribution is 7.92. The second kappa shape index (κ2) is 10.8. The zero-order valence-electron chi connectivity index (χ0n) is 19.4. The molecule has 0 saturated heterocycles. The van der Waals surface area contributed by atoms with Crippen LogP contribution in [0.2, 0.25) is 5.02 Å². The smallest absolute Gasteiger partial charge is 0.232 e. The van der Waals surface area contributed by atoms with Crippen molar-refractivity contribution in [1.29, 1.82) is 0 Å². The Balaban J connectivity index is 1.67. The Labute approximate surface area is 212 Å². The van der Waals surface area contributed by atoms with E-state index in [0.717, 1.165) is 37.0 Å². The Morgan fingerprint density at radius 3 is 2.53 bits per heavy atom. The van der Waals surface area contributed by atoms with Gasteiger partial charge in [-0.2, -0.15) is 0 Å². The molecule has 0 aliphatic rings. The molecule has 0 amide bonds. The number of sulfonamides is 1. The fourth-order valence-corrected chi connectivity index (χ4v) is 5.21. The number of carbonyl (C=O) groups is 1. The van der Waals surface area contributed by atoms with E-state index in [1.807, 2.05) is 6.92 Å². The molecular weight excluding hydrogens is 508 g/mol. The minimum atomic E-state index is -3.87. The number of aromatic nitrogens is 2. The molecule has 10 heteroatoms. The molecule has 0 fully saturated rings. The summed E-state index contributed by atoms with van der Waals surface area (Å²) in [4.78, 5) is 20.4. The highest BCUT2D eigenvalue weighted by atomic mass is 35.5. The molecule has 4 rings (SSSR count). The summed E-state index contributed by atoms with van der Waals surface area (Å²) in [5.74, 6) is -3.50. The van der Waals surface area contributed by atoms with Crippen LogP contribution < -0.4 is 4.72 Å². The molecule has 0 saturated carbocycles. The Hall–Kier alpha value is -3.30. The molecule has 0 radical (unpaired) electrons. The zero-order chi connectivity index (χ0) is 25.9. The van der Waals surface area contributed by atoms with Crippen molar-refractivity contribution >= 4 is 44.1 Å². The average Bonchev–Trinajstić information content (AvgIpc) is 3.27. The van der Waals surface area contributed by atoms with Crippen molar-refractivity contribution in [2.75, 3.05) is 10.5 Å². The lowest BCUT2D eigenvalue weighted by molar-refractivity contribution is 0.103. The Kier molecular flexibility index (Phi) is 7.70. The number of hydrogen-bond acceptors (Lipinski definition) is 4. The number of nitrogens with one attached hydrogen (secondary N) is 2. The van der Waals surface area contributed by atoms with Crippen molar-refractivity contribution in [2.24, 2.45) is 0 Å². The predicted molar refractivity (Wildman–Crippen MR) is 138 cm³/mol. The monoisotopic (exact) mass is 531 g/mol. The number of halogens is 3. The quantitative estimate of drug-likeness (QED) is 0.176. The lowest BCUT2D eigenvalue weighted by Gasteiger charge is -2.12. The Morgan fingerprint density at radius 1 is 1.06 bits per heavy atom. The Bertz CT molecular complexity index is 1520. The van der Waals surface area contributed by atoms with Crippen LogP contribution in [0.1, 0.15) is 48.5 Å². The average molecular weight is 532 g/mol. The van der Waals surface area contributed by atoms with Crippen molar-refractivity contribution in [3.05, 3.63) is 82.6 Å². The van der Waals surface area contributed by atoms with Crippen LogP contribution in [0.3, 0.4) is 0 Å². The standard InChI is InChI=1S/C26H24ClF2N3O3S/c1-2-3-4-5-12-36(34,35)32-22-11-10-21(28)23(24(22)29)25(33)20-15-31-26-19(20)13-17(14-30-26)16-6-8-18(27)9-7-16/h6-11,13-15,32H,2-5,12H2,1H3,(H,30,31). The summed E-state index contributed by atoms with van der Waals surface area (Å²) in [7, 11) is -3.87. The first-order valence-corrected chi connectivity index (χ1v) is 13.5. The van der Waals surface area contributed by atoms with Gasteiger partial charge >= 0.3 is 0 Å². The fraction of sp³-hybridized carbons (Fsp3) is 0.231. The van der Waals surface area contributed by atoms with E-state index in [-0.39, 0.29) is 11.3 Å². The van der Waals surface area contributed by atoms with Gasteiger partial charge in [-0.25, -0.2) is 22.2 Å². The van der Waals surface area contributed by atoms with Gasteiger partial charge < -0.3 is 4.98 Å². The van der Waals surface area contributed by atoms with Crippen molar-refractivity contribution < 1.29 is 22.0 Å². The lowest BCUT2D eigenvalue weighted by Crippen LogP contribution is -2.19. The van der Waals surface area contributed by atoms with Crippen LogP contribution in [-0.4, -0.2) is 29.9 Å². The molecule has 0 spiro atoms. The molecule has 2 aromatic heterocycles. The molecule has 0 atom stereocenters. The number of H-pyrrole nitrogens is 1. The summed E-state index contributed by atoms with van der Waals surface area (Å²) in [6.45, 7) is 2.00. The van der Waals surface area contributed by atoms with Gasteiger partial charge in [-0.1, -0.05) is 49.9 Å². The van der Waals surface area contributed by atoms with E-state index < -0.39 is 38.7 Å². The van der Waals surface area contributed by atoms with E-state index in [1.54, 1.807) is 36.5 Å². The van der Waals surface area contributed by atoms with Crippen LogP contribution in [0.5, 0.6) is 0 Å². The molecule has 4 aromatic rings. The number of rotatable bonds is 10. The number of nitrogens with zero attached hydrogens (tertiary/aromatic N) is 1. The summed E-state index contributed by atoms with van der Waals surface area (Å²) in [6.07, 6.45) is 5.90. The lowest BCUT2D eigenvalue weighted by atomic mass is 10.00. The molecular formula is C26H24ClF2N3O3S. The van der Waals surface area contributed by atoms with Crippen molar-refractivity contribution in [1.82, 2.24) is 9.97 Å². The van der Waals surface area contributed by atoms with Gasteiger partial charge in [-0.05, 0) is 42.3 Å². The molecule has 2 heterocycles. The van der Waals surface area contributed by atoms with Gasteiger partial charge in [0.15, 0.2) is 5.82 Å². The van der Waals surface area contributed by atoms with Gasteiger partial charge in [0.1, 0.15) is 11.5 Å². The SMILES string of the molecule is CCCCCCS(=O)(=O)Nc1ccc(F)c(C(=O)c2c[nH]c3ncc(-c4ccc(Cl)cc4)cc23)c1F. The van der Waals surface area contributed by atoms with Crippen molar-refractivity contribution in [3.8, 4) is 11.1 Å². The molecule has 0 unspecified atom stereocenters. The first-order chi connectivity index (χ1) is 17.2. The number of fused-ring (bicyclic) bond motifs is 1. The van der Waals surface area contributed by atoms with Gasteiger partial charge in [0.05, 0.1) is 17.0 Å². The second-order valence-electron chi connectivity index (χ2n) is 8.42. The normalized spacial score (nSPS) is 11.7. The van der Waals surface area contributed by atoms with E-state index >= 15 is 4.39 Å². The fourth-order valence-electron chi connectivity index (χ4n) is 3.90. The van der Waals surface area contributed by atoms with Crippen LogP contribution in [0, 0.1) is 11.6 Å². The highest BCUT2D eigenvalue weighted by Crippen LogP contribution is 2.30.